The number of hydrogen-bond acceptors (Lipinski definition) is 3. The summed E-state index contributed by atoms with van der Waals surface area (Å²) in [6, 6.07) is 6.79. The number of aromatic amines is 1. The highest BCUT2D eigenvalue weighted by atomic mass is 16.1. The average Bonchev–Trinajstić information content (AvgIpc) is 2.74. The fraction of sp³-hybridized carbons (Fsp3) is 0.0909. The lowest BCUT2D eigenvalue weighted by molar-refractivity contribution is 0.100. The molecule has 1 aromatic heterocycles. The second kappa shape index (κ2) is 4.16. The fourth-order valence-electron chi connectivity index (χ4n) is 1.47. The van der Waals surface area contributed by atoms with E-state index in [1.807, 2.05) is 0 Å². The van der Waals surface area contributed by atoms with Crippen LogP contribution in [0.2, 0.25) is 0 Å². The van der Waals surface area contributed by atoms with Gasteiger partial charge in [-0.1, -0.05) is 12.1 Å². The van der Waals surface area contributed by atoms with Gasteiger partial charge in [0.2, 0.25) is 0 Å². The number of rotatable bonds is 3. The first-order valence-corrected chi connectivity index (χ1v) is 4.82. The normalized spacial score (nSPS) is 10.3. The molecule has 0 aliphatic carbocycles. The lowest BCUT2D eigenvalue weighted by Crippen LogP contribution is -2.16. The highest BCUT2D eigenvalue weighted by molar-refractivity contribution is 5.97. The molecule has 1 aromatic carbocycles. The summed E-state index contributed by atoms with van der Waals surface area (Å²) in [6.07, 6.45) is 3.15. The van der Waals surface area contributed by atoms with Crippen molar-refractivity contribution >= 4 is 5.78 Å². The lowest BCUT2D eigenvalue weighted by Gasteiger charge is -2.03. The number of benzene rings is 1. The van der Waals surface area contributed by atoms with Crippen molar-refractivity contribution in [3.63, 3.8) is 0 Å². The van der Waals surface area contributed by atoms with Crippen LogP contribution in [0.4, 0.5) is 0 Å². The van der Waals surface area contributed by atoms with Gasteiger partial charge in [-0.25, -0.2) is 4.79 Å². The summed E-state index contributed by atoms with van der Waals surface area (Å²) in [6.45, 7) is -0.0362. The molecule has 0 amide bonds. The number of nitrogens with two attached hydrogens (primary N) is 1. The Labute approximate surface area is 91.5 Å². The maximum atomic E-state index is 11.4. The molecule has 5 heteroatoms. The van der Waals surface area contributed by atoms with Gasteiger partial charge in [0, 0.05) is 18.0 Å². The number of H-pyrrole nitrogens is 1. The van der Waals surface area contributed by atoms with Crippen molar-refractivity contribution in [2.75, 3.05) is 6.54 Å². The van der Waals surface area contributed by atoms with E-state index in [1.54, 1.807) is 36.7 Å². The van der Waals surface area contributed by atoms with Crippen molar-refractivity contribution in [1.82, 2.24) is 9.55 Å². The molecule has 2 rings (SSSR count). The monoisotopic (exact) mass is 217 g/mol. The first-order chi connectivity index (χ1) is 7.72. The van der Waals surface area contributed by atoms with Crippen LogP contribution in [0.3, 0.4) is 0 Å². The summed E-state index contributed by atoms with van der Waals surface area (Å²) < 4.78 is 1.42. The van der Waals surface area contributed by atoms with Crippen molar-refractivity contribution in [2.45, 2.75) is 0 Å². The minimum absolute atomic E-state index is 0.0362. The Balaban J connectivity index is 2.48. The van der Waals surface area contributed by atoms with Gasteiger partial charge >= 0.3 is 5.69 Å². The van der Waals surface area contributed by atoms with Gasteiger partial charge in [0.15, 0.2) is 5.78 Å². The predicted molar refractivity (Wildman–Crippen MR) is 59.8 cm³/mol. The molecule has 16 heavy (non-hydrogen) atoms. The maximum absolute atomic E-state index is 11.4. The minimum Gasteiger partial charge on any atom is -0.324 e. The van der Waals surface area contributed by atoms with E-state index in [-0.39, 0.29) is 18.0 Å². The van der Waals surface area contributed by atoms with Crippen LogP contribution in [0.5, 0.6) is 0 Å². The molecule has 0 saturated carbocycles. The zero-order valence-corrected chi connectivity index (χ0v) is 8.51. The molecule has 0 fully saturated rings. The molecule has 0 unspecified atom stereocenters. The highest BCUT2D eigenvalue weighted by Crippen LogP contribution is 2.08. The van der Waals surface area contributed by atoms with E-state index in [9.17, 15) is 9.59 Å². The molecule has 0 aliphatic heterocycles. The second-order valence-electron chi connectivity index (χ2n) is 3.31. The summed E-state index contributed by atoms with van der Waals surface area (Å²) in [5.74, 6) is -0.148. The molecule has 0 saturated heterocycles. The van der Waals surface area contributed by atoms with Gasteiger partial charge in [0.05, 0.1) is 12.2 Å². The van der Waals surface area contributed by atoms with Crippen LogP contribution in [0.15, 0.2) is 41.5 Å². The van der Waals surface area contributed by atoms with Crippen molar-refractivity contribution in [2.24, 2.45) is 5.73 Å². The fourth-order valence-corrected chi connectivity index (χ4v) is 1.47. The van der Waals surface area contributed by atoms with Crippen LogP contribution in [0.25, 0.3) is 5.69 Å². The van der Waals surface area contributed by atoms with E-state index in [1.165, 1.54) is 4.57 Å². The Hall–Kier alpha value is -2.14. The third-order valence-electron chi connectivity index (χ3n) is 2.28. The topological polar surface area (TPSA) is 80.9 Å². The predicted octanol–water partition coefficient (Wildman–Crippen LogP) is 0.307. The largest absolute Gasteiger partial charge is 0.330 e. The van der Waals surface area contributed by atoms with E-state index in [0.29, 0.717) is 11.3 Å². The number of carbonyl (C=O) groups is 1. The van der Waals surface area contributed by atoms with Gasteiger partial charge in [-0.05, 0) is 12.1 Å². The van der Waals surface area contributed by atoms with Crippen molar-refractivity contribution < 1.29 is 4.79 Å². The summed E-state index contributed by atoms with van der Waals surface area (Å²) in [5, 5.41) is 0. The Morgan fingerprint density at radius 3 is 2.88 bits per heavy atom. The number of carbonyl (C=O) groups excluding carboxylic acids is 1. The molecule has 2 aromatic rings. The molecule has 0 radical (unpaired) electrons. The van der Waals surface area contributed by atoms with Crippen LogP contribution in [-0.4, -0.2) is 21.9 Å². The van der Waals surface area contributed by atoms with Crippen LogP contribution >= 0.6 is 0 Å². The third kappa shape index (κ3) is 1.80. The highest BCUT2D eigenvalue weighted by Gasteiger charge is 2.05. The number of nitrogens with one attached hydrogen (secondary N) is 1. The number of ketones is 1. The minimum atomic E-state index is -0.239. The number of nitrogens with zero attached hydrogens (tertiary/aromatic N) is 1. The van der Waals surface area contributed by atoms with Gasteiger partial charge < -0.3 is 10.7 Å². The van der Waals surface area contributed by atoms with Crippen molar-refractivity contribution in [1.29, 1.82) is 0 Å². The first kappa shape index (κ1) is 10.4. The summed E-state index contributed by atoms with van der Waals surface area (Å²) in [4.78, 5) is 25.3. The Bertz CT molecular complexity index is 568. The molecule has 1 heterocycles. The van der Waals surface area contributed by atoms with Crippen LogP contribution in [0, 0.1) is 0 Å². The van der Waals surface area contributed by atoms with Gasteiger partial charge in [-0.3, -0.25) is 9.36 Å². The number of aromatic nitrogens is 2. The smallest absolute Gasteiger partial charge is 0.324 e. The summed E-state index contributed by atoms with van der Waals surface area (Å²) in [5.41, 5.74) is 6.19. The van der Waals surface area contributed by atoms with Crippen LogP contribution < -0.4 is 11.4 Å². The van der Waals surface area contributed by atoms with Crippen LogP contribution in [-0.2, 0) is 0 Å². The first-order valence-electron chi connectivity index (χ1n) is 4.82. The number of hydrogen-bond donors (Lipinski definition) is 2. The molecular weight excluding hydrogens is 206 g/mol. The number of Topliss-reactive ketones (excluding diaryl/α,β-unsaturated/α-hetero) is 1. The average molecular weight is 217 g/mol. The molecule has 5 nitrogen and oxygen atoms in total. The lowest BCUT2D eigenvalue weighted by atomic mass is 10.1. The molecule has 3 N–H and O–H groups in total. The van der Waals surface area contributed by atoms with Gasteiger partial charge in [0.1, 0.15) is 0 Å². The molecule has 0 bridgehead atoms. The maximum Gasteiger partial charge on any atom is 0.330 e. The zero-order chi connectivity index (χ0) is 11.5. The standard InChI is InChI=1S/C11H11N3O2/c12-7-10(15)8-2-1-3-9(6-8)14-5-4-13-11(14)16/h1-6H,7,12H2,(H,13,16). The third-order valence-corrected chi connectivity index (χ3v) is 2.28. The van der Waals surface area contributed by atoms with Crippen molar-refractivity contribution in [3.8, 4) is 5.69 Å². The SMILES string of the molecule is NCC(=O)c1cccc(-n2cc[nH]c2=O)c1. The Kier molecular flexibility index (Phi) is 2.70. The Morgan fingerprint density at radius 2 is 2.25 bits per heavy atom. The van der Waals surface area contributed by atoms with Gasteiger partial charge in [0.25, 0.3) is 0 Å². The molecule has 0 atom stereocenters. The van der Waals surface area contributed by atoms with E-state index >= 15 is 0 Å². The summed E-state index contributed by atoms with van der Waals surface area (Å²) in [7, 11) is 0. The van der Waals surface area contributed by atoms with E-state index in [0.717, 1.165) is 0 Å². The molecule has 82 valence electrons. The van der Waals surface area contributed by atoms with E-state index in [2.05, 4.69) is 4.98 Å². The molecule has 0 spiro atoms. The van der Waals surface area contributed by atoms with Gasteiger partial charge in [-0.15, -0.1) is 0 Å². The Morgan fingerprint density at radius 1 is 1.44 bits per heavy atom. The summed E-state index contributed by atoms with van der Waals surface area (Å²) >= 11 is 0. The molecular formula is C11H11N3O2. The van der Waals surface area contributed by atoms with Gasteiger partial charge in [-0.2, -0.15) is 0 Å². The van der Waals surface area contributed by atoms with E-state index < -0.39 is 0 Å². The van der Waals surface area contributed by atoms with Crippen LogP contribution in [0.1, 0.15) is 10.4 Å². The second-order valence-corrected chi connectivity index (χ2v) is 3.31. The quantitative estimate of drug-likeness (QED) is 0.726. The molecule has 0 aliphatic rings. The van der Waals surface area contributed by atoms with E-state index in [4.69, 9.17) is 5.73 Å². The zero-order valence-electron chi connectivity index (χ0n) is 8.51. The van der Waals surface area contributed by atoms with Crippen molar-refractivity contribution in [3.05, 3.63) is 52.7 Å². The number of imidazole rings is 1.